The van der Waals surface area contributed by atoms with Gasteiger partial charge >= 0.3 is 0 Å². The Balaban J connectivity index is 2.20. The molecule has 0 unspecified atom stereocenters. The van der Waals surface area contributed by atoms with Crippen molar-refractivity contribution in [2.45, 2.75) is 32.2 Å². The van der Waals surface area contributed by atoms with Gasteiger partial charge < -0.3 is 10.2 Å². The number of nitrogens with one attached hydrogen (secondary N) is 1. The van der Waals surface area contributed by atoms with E-state index in [1.165, 1.54) is 0 Å². The molecule has 1 aliphatic rings. The smallest absolute Gasteiger partial charge is 0.254 e. The van der Waals surface area contributed by atoms with E-state index in [2.05, 4.69) is 12.2 Å². The first-order valence-corrected chi connectivity index (χ1v) is 7.85. The van der Waals surface area contributed by atoms with Gasteiger partial charge in [0.15, 0.2) is 0 Å². The Morgan fingerprint density at radius 2 is 1.85 bits per heavy atom. The van der Waals surface area contributed by atoms with Crippen LogP contribution in [-0.4, -0.2) is 36.5 Å². The zero-order valence-electron chi connectivity index (χ0n) is 11.7. The van der Waals surface area contributed by atoms with Gasteiger partial charge in [-0.3, -0.25) is 4.79 Å². The zero-order chi connectivity index (χ0) is 14.5. The summed E-state index contributed by atoms with van der Waals surface area (Å²) in [4.78, 5) is 14.7. The van der Waals surface area contributed by atoms with E-state index < -0.39 is 0 Å². The SMILES string of the molecule is CCCN(C(=O)c1cc(Cl)cc(Cl)c1)C1CCNCC1. The van der Waals surface area contributed by atoms with Crippen LogP contribution in [0.4, 0.5) is 0 Å². The van der Waals surface area contributed by atoms with Gasteiger partial charge in [-0.15, -0.1) is 0 Å². The van der Waals surface area contributed by atoms with Crippen LogP contribution in [0.3, 0.4) is 0 Å². The topological polar surface area (TPSA) is 32.3 Å². The van der Waals surface area contributed by atoms with Crippen molar-refractivity contribution in [3.8, 4) is 0 Å². The van der Waals surface area contributed by atoms with Crippen LogP contribution in [0.5, 0.6) is 0 Å². The molecular formula is C15H20Cl2N2O. The van der Waals surface area contributed by atoms with Gasteiger partial charge in [0.2, 0.25) is 0 Å². The van der Waals surface area contributed by atoms with Crippen molar-refractivity contribution in [2.75, 3.05) is 19.6 Å². The largest absolute Gasteiger partial charge is 0.336 e. The Morgan fingerprint density at radius 1 is 1.25 bits per heavy atom. The number of piperidine rings is 1. The second kappa shape index (κ2) is 7.30. The Labute approximate surface area is 130 Å². The summed E-state index contributed by atoms with van der Waals surface area (Å²) >= 11 is 12.0. The fourth-order valence-electron chi connectivity index (χ4n) is 2.65. The number of benzene rings is 1. The van der Waals surface area contributed by atoms with Crippen LogP contribution in [0.2, 0.25) is 10.0 Å². The summed E-state index contributed by atoms with van der Waals surface area (Å²) in [5.41, 5.74) is 0.578. The van der Waals surface area contributed by atoms with Crippen molar-refractivity contribution in [2.24, 2.45) is 0 Å². The molecule has 0 radical (unpaired) electrons. The predicted molar refractivity (Wildman–Crippen MR) is 83.7 cm³/mol. The molecule has 0 saturated carbocycles. The Morgan fingerprint density at radius 3 is 2.40 bits per heavy atom. The van der Waals surface area contributed by atoms with Crippen LogP contribution in [0.15, 0.2) is 18.2 Å². The third-order valence-corrected chi connectivity index (χ3v) is 4.02. The van der Waals surface area contributed by atoms with Crippen molar-refractivity contribution in [3.63, 3.8) is 0 Å². The van der Waals surface area contributed by atoms with E-state index in [9.17, 15) is 4.79 Å². The summed E-state index contributed by atoms with van der Waals surface area (Å²) in [5.74, 6) is 0.0307. The molecule has 0 aliphatic carbocycles. The van der Waals surface area contributed by atoms with Gasteiger partial charge in [-0.2, -0.15) is 0 Å². The minimum Gasteiger partial charge on any atom is -0.336 e. The number of halogens is 2. The van der Waals surface area contributed by atoms with E-state index in [1.54, 1.807) is 18.2 Å². The van der Waals surface area contributed by atoms with Crippen molar-refractivity contribution < 1.29 is 4.79 Å². The maximum atomic E-state index is 12.7. The third-order valence-electron chi connectivity index (χ3n) is 3.58. The summed E-state index contributed by atoms with van der Waals surface area (Å²) in [5, 5.41) is 4.33. The number of carbonyl (C=O) groups is 1. The summed E-state index contributed by atoms with van der Waals surface area (Å²) in [6, 6.07) is 5.34. The van der Waals surface area contributed by atoms with Crippen LogP contribution in [0, 0.1) is 0 Å². The maximum absolute atomic E-state index is 12.7. The zero-order valence-corrected chi connectivity index (χ0v) is 13.2. The number of hydrogen-bond acceptors (Lipinski definition) is 2. The van der Waals surface area contributed by atoms with Gasteiger partial charge in [-0.05, 0) is 50.6 Å². The Hall–Kier alpha value is -0.770. The lowest BCUT2D eigenvalue weighted by molar-refractivity contribution is 0.0642. The molecule has 1 heterocycles. The highest BCUT2D eigenvalue weighted by Gasteiger charge is 2.25. The van der Waals surface area contributed by atoms with Gasteiger partial charge in [0.05, 0.1) is 0 Å². The van der Waals surface area contributed by atoms with E-state index in [0.717, 1.165) is 38.9 Å². The number of amides is 1. The lowest BCUT2D eigenvalue weighted by atomic mass is 10.0. The van der Waals surface area contributed by atoms with E-state index in [1.807, 2.05) is 4.90 Å². The van der Waals surface area contributed by atoms with Gasteiger partial charge in [0.25, 0.3) is 5.91 Å². The molecule has 3 nitrogen and oxygen atoms in total. The Bertz CT molecular complexity index is 453. The second-order valence-electron chi connectivity index (χ2n) is 5.14. The standard InChI is InChI=1S/C15H20Cl2N2O/c1-2-7-19(14-3-5-18-6-4-14)15(20)11-8-12(16)10-13(17)9-11/h8-10,14,18H,2-7H2,1H3. The van der Waals surface area contributed by atoms with Gasteiger partial charge in [-0.25, -0.2) is 0 Å². The highest BCUT2D eigenvalue weighted by Crippen LogP contribution is 2.22. The quantitative estimate of drug-likeness (QED) is 0.921. The van der Waals surface area contributed by atoms with E-state index in [-0.39, 0.29) is 5.91 Å². The molecule has 0 spiro atoms. The second-order valence-corrected chi connectivity index (χ2v) is 6.01. The first-order valence-electron chi connectivity index (χ1n) is 7.09. The first-order chi connectivity index (χ1) is 9.61. The molecule has 20 heavy (non-hydrogen) atoms. The monoisotopic (exact) mass is 314 g/mol. The average Bonchev–Trinajstić information content (AvgIpc) is 2.44. The fraction of sp³-hybridized carbons (Fsp3) is 0.533. The number of hydrogen-bond donors (Lipinski definition) is 1. The molecule has 0 bridgehead atoms. The minimum atomic E-state index is 0.0307. The highest BCUT2D eigenvalue weighted by molar-refractivity contribution is 6.35. The van der Waals surface area contributed by atoms with Crippen LogP contribution < -0.4 is 5.32 Å². The summed E-state index contributed by atoms with van der Waals surface area (Å²) < 4.78 is 0. The Kier molecular flexibility index (Phi) is 5.70. The lowest BCUT2D eigenvalue weighted by Gasteiger charge is -2.34. The van der Waals surface area contributed by atoms with Crippen molar-refractivity contribution in [1.29, 1.82) is 0 Å². The molecule has 1 N–H and O–H groups in total. The van der Waals surface area contributed by atoms with E-state index in [0.29, 0.717) is 21.7 Å². The molecule has 1 aromatic carbocycles. The molecule has 110 valence electrons. The van der Waals surface area contributed by atoms with Crippen molar-refractivity contribution >= 4 is 29.1 Å². The summed E-state index contributed by atoms with van der Waals surface area (Å²) in [6.45, 7) is 4.79. The summed E-state index contributed by atoms with van der Waals surface area (Å²) in [7, 11) is 0. The average molecular weight is 315 g/mol. The molecule has 0 aromatic heterocycles. The predicted octanol–water partition coefficient (Wildman–Crippen LogP) is 3.60. The minimum absolute atomic E-state index is 0.0307. The molecule has 1 amide bonds. The van der Waals surface area contributed by atoms with Crippen LogP contribution in [0.25, 0.3) is 0 Å². The molecule has 1 aromatic rings. The highest BCUT2D eigenvalue weighted by atomic mass is 35.5. The molecule has 1 saturated heterocycles. The van der Waals surface area contributed by atoms with Crippen LogP contribution >= 0.6 is 23.2 Å². The van der Waals surface area contributed by atoms with Crippen LogP contribution in [-0.2, 0) is 0 Å². The molecule has 5 heteroatoms. The first kappa shape index (κ1) is 15.6. The number of rotatable bonds is 4. The molecule has 1 fully saturated rings. The van der Waals surface area contributed by atoms with E-state index in [4.69, 9.17) is 23.2 Å². The van der Waals surface area contributed by atoms with Crippen molar-refractivity contribution in [3.05, 3.63) is 33.8 Å². The van der Waals surface area contributed by atoms with Gasteiger partial charge in [-0.1, -0.05) is 30.1 Å². The van der Waals surface area contributed by atoms with Crippen molar-refractivity contribution in [1.82, 2.24) is 10.2 Å². The van der Waals surface area contributed by atoms with Gasteiger partial charge in [0.1, 0.15) is 0 Å². The fourth-order valence-corrected chi connectivity index (χ4v) is 3.18. The third kappa shape index (κ3) is 3.87. The lowest BCUT2D eigenvalue weighted by Crippen LogP contribution is -2.46. The molecule has 1 aliphatic heterocycles. The maximum Gasteiger partial charge on any atom is 0.254 e. The number of carbonyl (C=O) groups excluding carboxylic acids is 1. The number of nitrogens with zero attached hydrogens (tertiary/aromatic N) is 1. The molecular weight excluding hydrogens is 295 g/mol. The van der Waals surface area contributed by atoms with Crippen LogP contribution in [0.1, 0.15) is 36.5 Å². The summed E-state index contributed by atoms with van der Waals surface area (Å²) in [6.07, 6.45) is 2.95. The molecule has 0 atom stereocenters. The van der Waals surface area contributed by atoms with Gasteiger partial charge in [0, 0.05) is 28.2 Å². The molecule has 2 rings (SSSR count). The van der Waals surface area contributed by atoms with E-state index >= 15 is 0 Å². The normalized spacial score (nSPS) is 16.1.